The van der Waals surface area contributed by atoms with E-state index in [1.807, 2.05) is 49.4 Å². The van der Waals surface area contributed by atoms with Gasteiger partial charge in [-0.15, -0.1) is 0 Å². The normalized spacial score (nSPS) is 19.3. The molecule has 0 aliphatic carbocycles. The molecule has 2 aliphatic rings. The number of amides is 1. The van der Waals surface area contributed by atoms with Gasteiger partial charge in [0.1, 0.15) is 15.8 Å². The van der Waals surface area contributed by atoms with Crippen molar-refractivity contribution in [2.45, 2.75) is 32.3 Å². The number of benzene rings is 1. The van der Waals surface area contributed by atoms with Crippen LogP contribution in [0, 0.1) is 6.92 Å². The van der Waals surface area contributed by atoms with Crippen LogP contribution in [-0.4, -0.2) is 50.3 Å². The Morgan fingerprint density at radius 1 is 1.23 bits per heavy atom. The Labute approximate surface area is 213 Å². The van der Waals surface area contributed by atoms with Gasteiger partial charge in [-0.3, -0.25) is 18.9 Å². The predicted molar refractivity (Wildman–Crippen MR) is 144 cm³/mol. The number of fused-ring (bicyclic) bond motifs is 1. The largest absolute Gasteiger partial charge is 0.376 e. The maximum absolute atomic E-state index is 13.5. The maximum atomic E-state index is 13.5. The van der Waals surface area contributed by atoms with Crippen molar-refractivity contribution < 1.29 is 9.53 Å². The number of carbonyl (C=O) groups is 1. The summed E-state index contributed by atoms with van der Waals surface area (Å²) in [5.74, 6) is 0.268. The summed E-state index contributed by atoms with van der Waals surface area (Å²) in [6.07, 6.45) is 6.10. The Morgan fingerprint density at radius 3 is 2.83 bits per heavy atom. The molecule has 0 radical (unpaired) electrons. The van der Waals surface area contributed by atoms with Crippen LogP contribution in [0.3, 0.4) is 0 Å². The average Bonchev–Trinajstić information content (AvgIpc) is 3.47. The van der Waals surface area contributed by atoms with Gasteiger partial charge >= 0.3 is 0 Å². The fraction of sp³-hybridized carbons (Fsp3) is 0.308. The smallest absolute Gasteiger partial charge is 0.267 e. The second kappa shape index (κ2) is 10.3. The quantitative estimate of drug-likeness (QED) is 0.383. The van der Waals surface area contributed by atoms with Crippen molar-refractivity contribution in [3.05, 3.63) is 80.6 Å². The summed E-state index contributed by atoms with van der Waals surface area (Å²) in [7, 11) is 0. The van der Waals surface area contributed by atoms with E-state index in [1.54, 1.807) is 17.2 Å². The zero-order valence-electron chi connectivity index (χ0n) is 19.4. The SMILES string of the molecule is Cc1cccn2c(=O)c(/C=C3/SC(=S)N(CCc4ccccc4)C3=O)c(NCC3CCCO3)nc12. The van der Waals surface area contributed by atoms with E-state index in [1.165, 1.54) is 16.2 Å². The van der Waals surface area contributed by atoms with Crippen LogP contribution in [0.4, 0.5) is 5.82 Å². The molecule has 0 spiro atoms. The molecule has 1 aromatic carbocycles. The highest BCUT2D eigenvalue weighted by Gasteiger charge is 2.32. The van der Waals surface area contributed by atoms with E-state index < -0.39 is 0 Å². The number of nitrogens with one attached hydrogen (secondary N) is 1. The number of pyridine rings is 1. The third-order valence-corrected chi connectivity index (χ3v) is 7.60. The van der Waals surface area contributed by atoms with Crippen molar-refractivity contribution in [2.24, 2.45) is 0 Å². The van der Waals surface area contributed by atoms with E-state index in [0.717, 1.165) is 30.6 Å². The first-order valence-corrected chi connectivity index (χ1v) is 12.9. The topological polar surface area (TPSA) is 75.9 Å². The Balaban J connectivity index is 1.46. The van der Waals surface area contributed by atoms with Gasteiger partial charge in [-0.05, 0) is 49.5 Å². The molecule has 0 bridgehead atoms. The fourth-order valence-electron chi connectivity index (χ4n) is 4.30. The van der Waals surface area contributed by atoms with Crippen molar-refractivity contribution in [1.29, 1.82) is 0 Å². The molecule has 180 valence electrons. The van der Waals surface area contributed by atoms with Gasteiger partial charge in [0, 0.05) is 25.9 Å². The Morgan fingerprint density at radius 2 is 2.06 bits per heavy atom. The molecule has 7 nitrogen and oxygen atoms in total. The summed E-state index contributed by atoms with van der Waals surface area (Å²) >= 11 is 6.73. The van der Waals surface area contributed by atoms with Crippen LogP contribution >= 0.6 is 24.0 Å². The molecule has 0 saturated carbocycles. The molecule has 1 amide bonds. The predicted octanol–water partition coefficient (Wildman–Crippen LogP) is 4.04. The van der Waals surface area contributed by atoms with Gasteiger partial charge in [0.25, 0.3) is 11.5 Å². The maximum Gasteiger partial charge on any atom is 0.267 e. The van der Waals surface area contributed by atoms with Gasteiger partial charge in [-0.1, -0.05) is 60.4 Å². The zero-order chi connectivity index (χ0) is 24.4. The second-order valence-corrected chi connectivity index (χ2v) is 10.3. The molecule has 1 atom stereocenters. The standard InChI is InChI=1S/C26H26N4O3S2/c1-17-7-5-12-29-23(17)28-22(27-16-19-10-6-14-33-19)20(24(29)31)15-21-25(32)30(26(34)35-21)13-11-18-8-3-2-4-9-18/h2-5,7-9,12,15,19,27H,6,10-11,13-14,16H2,1H3/b21-15+. The van der Waals surface area contributed by atoms with Crippen LogP contribution in [0.5, 0.6) is 0 Å². The highest BCUT2D eigenvalue weighted by Crippen LogP contribution is 2.33. The third kappa shape index (κ3) is 5.03. The highest BCUT2D eigenvalue weighted by molar-refractivity contribution is 8.26. The van der Waals surface area contributed by atoms with E-state index in [9.17, 15) is 9.59 Å². The molecule has 2 fully saturated rings. The molecule has 4 heterocycles. The van der Waals surface area contributed by atoms with Crippen molar-refractivity contribution in [3.63, 3.8) is 0 Å². The lowest BCUT2D eigenvalue weighted by molar-refractivity contribution is -0.122. The average molecular weight is 507 g/mol. The number of nitrogens with zero attached hydrogens (tertiary/aromatic N) is 3. The van der Waals surface area contributed by atoms with Gasteiger partial charge in [0.2, 0.25) is 0 Å². The molecule has 5 rings (SSSR count). The van der Waals surface area contributed by atoms with Crippen LogP contribution < -0.4 is 10.9 Å². The first kappa shape index (κ1) is 23.7. The second-order valence-electron chi connectivity index (χ2n) is 8.65. The van der Waals surface area contributed by atoms with Crippen LogP contribution in [0.15, 0.2) is 58.4 Å². The summed E-state index contributed by atoms with van der Waals surface area (Å²) in [5, 5.41) is 3.31. The van der Waals surface area contributed by atoms with E-state index in [0.29, 0.717) is 45.8 Å². The number of thioether (sulfide) groups is 1. The zero-order valence-corrected chi connectivity index (χ0v) is 21.0. The lowest BCUT2D eigenvalue weighted by Gasteiger charge is -2.15. The Kier molecular flexibility index (Phi) is 6.99. The van der Waals surface area contributed by atoms with Crippen LogP contribution in [0.1, 0.15) is 29.5 Å². The van der Waals surface area contributed by atoms with E-state index in [4.69, 9.17) is 21.9 Å². The van der Waals surface area contributed by atoms with E-state index in [2.05, 4.69) is 5.32 Å². The molecular weight excluding hydrogens is 480 g/mol. The summed E-state index contributed by atoms with van der Waals surface area (Å²) in [6.45, 7) is 3.71. The number of anilines is 1. The number of ether oxygens (including phenoxy) is 1. The molecule has 2 saturated heterocycles. The van der Waals surface area contributed by atoms with Gasteiger partial charge in [0.15, 0.2) is 0 Å². The highest BCUT2D eigenvalue weighted by atomic mass is 32.2. The number of aryl methyl sites for hydroxylation is 1. The van der Waals surface area contributed by atoms with Gasteiger partial charge in [-0.2, -0.15) is 0 Å². The third-order valence-electron chi connectivity index (χ3n) is 6.22. The van der Waals surface area contributed by atoms with Crippen molar-refractivity contribution >= 4 is 51.7 Å². The van der Waals surface area contributed by atoms with Crippen LogP contribution in [-0.2, 0) is 16.0 Å². The lowest BCUT2D eigenvalue weighted by Crippen LogP contribution is -2.30. The number of hydrogen-bond acceptors (Lipinski definition) is 7. The minimum absolute atomic E-state index is 0.0798. The molecule has 2 aliphatic heterocycles. The number of aromatic nitrogens is 2. The molecule has 1 N–H and O–H groups in total. The molecule has 9 heteroatoms. The Bertz CT molecular complexity index is 1360. The van der Waals surface area contributed by atoms with Gasteiger partial charge in [0.05, 0.1) is 16.6 Å². The fourth-order valence-corrected chi connectivity index (χ4v) is 5.59. The molecule has 1 unspecified atom stereocenters. The molecule has 3 aromatic rings. The van der Waals surface area contributed by atoms with Crippen LogP contribution in [0.25, 0.3) is 11.7 Å². The van der Waals surface area contributed by atoms with E-state index in [-0.39, 0.29) is 17.6 Å². The summed E-state index contributed by atoms with van der Waals surface area (Å²) < 4.78 is 7.75. The van der Waals surface area contributed by atoms with Gasteiger partial charge in [-0.25, -0.2) is 4.98 Å². The van der Waals surface area contributed by atoms with E-state index >= 15 is 0 Å². The first-order valence-electron chi connectivity index (χ1n) is 11.7. The van der Waals surface area contributed by atoms with Crippen molar-refractivity contribution in [1.82, 2.24) is 14.3 Å². The minimum Gasteiger partial charge on any atom is -0.376 e. The number of hydrogen-bond donors (Lipinski definition) is 1. The first-order chi connectivity index (χ1) is 17.0. The van der Waals surface area contributed by atoms with Crippen LogP contribution in [0.2, 0.25) is 0 Å². The monoisotopic (exact) mass is 506 g/mol. The summed E-state index contributed by atoms with van der Waals surface area (Å²) in [4.78, 5) is 33.5. The number of thiocarbonyl (C=S) groups is 1. The summed E-state index contributed by atoms with van der Waals surface area (Å²) in [6, 6.07) is 13.7. The van der Waals surface area contributed by atoms with Crippen molar-refractivity contribution in [3.8, 4) is 0 Å². The minimum atomic E-state index is -0.233. The molecule has 35 heavy (non-hydrogen) atoms. The molecular formula is C26H26N4O3S2. The molecule has 2 aromatic heterocycles. The number of rotatable bonds is 7. The lowest BCUT2D eigenvalue weighted by atomic mass is 10.1. The van der Waals surface area contributed by atoms with Gasteiger partial charge < -0.3 is 10.1 Å². The summed E-state index contributed by atoms with van der Waals surface area (Å²) in [5.41, 5.74) is 2.72. The van der Waals surface area contributed by atoms with Crippen molar-refractivity contribution in [2.75, 3.05) is 25.0 Å². The Hall–Kier alpha value is -3.01. The number of carbonyl (C=O) groups excluding carboxylic acids is 1.